The van der Waals surface area contributed by atoms with Gasteiger partial charge in [0.05, 0.1) is 35.9 Å². The molecule has 2 aromatic carbocycles. The molecule has 0 spiro atoms. The van der Waals surface area contributed by atoms with E-state index in [1.807, 2.05) is 61.6 Å². The molecule has 0 saturated carbocycles. The average Bonchev–Trinajstić information content (AvgIpc) is 3.75. The van der Waals surface area contributed by atoms with E-state index in [9.17, 15) is 9.59 Å². The summed E-state index contributed by atoms with van der Waals surface area (Å²) < 4.78 is 11.1. The molecular formula is C36H46N6O4. The number of hydrogen-bond acceptors (Lipinski definition) is 6. The van der Waals surface area contributed by atoms with Crippen LogP contribution in [0, 0.1) is 5.92 Å². The first-order valence-electron chi connectivity index (χ1n) is 16.0. The van der Waals surface area contributed by atoms with Gasteiger partial charge < -0.3 is 24.8 Å². The summed E-state index contributed by atoms with van der Waals surface area (Å²) >= 11 is 0. The first kappa shape index (κ1) is 32.8. The Morgan fingerprint density at radius 3 is 1.87 bits per heavy atom. The second-order valence-corrected chi connectivity index (χ2v) is 14.2. The molecule has 1 saturated heterocycles. The van der Waals surface area contributed by atoms with Crippen LogP contribution in [0.4, 0.5) is 9.59 Å². The molecule has 1 aliphatic heterocycles. The number of hydrogen-bond donors (Lipinski definition) is 3. The second-order valence-electron chi connectivity index (χ2n) is 14.2. The SMILES string of the molecule is CC(C)[C@@H](NC(=O)OC(C)(C)C)c1ncc(-c2ccc(-c3ccc(-c4cnc([C@H]5CCCN5C(=O)OC(C)(C)C)[nH]4)cc3)cc2)[nH]1. The van der Waals surface area contributed by atoms with Gasteiger partial charge in [0, 0.05) is 6.54 Å². The third-order valence-corrected chi connectivity index (χ3v) is 7.75. The summed E-state index contributed by atoms with van der Waals surface area (Å²) in [5.41, 5.74) is 4.86. The first-order valence-corrected chi connectivity index (χ1v) is 16.0. The molecule has 3 N–H and O–H groups in total. The van der Waals surface area contributed by atoms with E-state index in [1.165, 1.54) is 0 Å². The Morgan fingerprint density at radius 2 is 1.33 bits per heavy atom. The molecule has 2 aromatic heterocycles. The second kappa shape index (κ2) is 13.0. The monoisotopic (exact) mass is 626 g/mol. The number of imidazole rings is 2. The van der Waals surface area contributed by atoms with Gasteiger partial charge in [0.15, 0.2) is 0 Å². The van der Waals surface area contributed by atoms with Gasteiger partial charge in [0.1, 0.15) is 22.9 Å². The Balaban J connectivity index is 1.25. The largest absolute Gasteiger partial charge is 0.444 e. The highest BCUT2D eigenvalue weighted by Gasteiger charge is 2.35. The lowest BCUT2D eigenvalue weighted by molar-refractivity contribution is 0.0218. The van der Waals surface area contributed by atoms with Crippen LogP contribution >= 0.6 is 0 Å². The number of alkyl carbamates (subject to hydrolysis) is 1. The van der Waals surface area contributed by atoms with E-state index in [-0.39, 0.29) is 24.1 Å². The van der Waals surface area contributed by atoms with Crippen molar-refractivity contribution in [1.29, 1.82) is 0 Å². The highest BCUT2D eigenvalue weighted by Crippen LogP contribution is 2.33. The van der Waals surface area contributed by atoms with Crippen LogP contribution in [-0.4, -0.2) is 54.8 Å². The van der Waals surface area contributed by atoms with Crippen molar-refractivity contribution in [3.8, 4) is 33.6 Å². The summed E-state index contributed by atoms with van der Waals surface area (Å²) in [4.78, 5) is 43.0. The van der Waals surface area contributed by atoms with Crippen molar-refractivity contribution in [2.75, 3.05) is 6.54 Å². The van der Waals surface area contributed by atoms with Crippen LogP contribution in [0.25, 0.3) is 33.6 Å². The zero-order chi connectivity index (χ0) is 33.2. The lowest BCUT2D eigenvalue weighted by Gasteiger charge is -2.27. The Kier molecular flexibility index (Phi) is 9.28. The summed E-state index contributed by atoms with van der Waals surface area (Å²) in [5, 5.41) is 2.95. The number of H-pyrrole nitrogens is 2. The number of rotatable bonds is 7. The first-order chi connectivity index (χ1) is 21.7. The van der Waals surface area contributed by atoms with Crippen molar-refractivity contribution >= 4 is 12.2 Å². The summed E-state index contributed by atoms with van der Waals surface area (Å²) in [6, 6.07) is 16.2. The van der Waals surface area contributed by atoms with Gasteiger partial charge in [-0.05, 0) is 82.6 Å². The Labute approximate surface area is 271 Å². The molecule has 0 aliphatic carbocycles. The fourth-order valence-electron chi connectivity index (χ4n) is 5.55. The lowest BCUT2D eigenvalue weighted by Crippen LogP contribution is -2.37. The van der Waals surface area contributed by atoms with Gasteiger partial charge >= 0.3 is 12.2 Å². The smallest absolute Gasteiger partial charge is 0.410 e. The van der Waals surface area contributed by atoms with Crippen molar-refractivity contribution in [3.05, 3.63) is 72.6 Å². The summed E-state index contributed by atoms with van der Waals surface area (Å²) in [7, 11) is 0. The number of aromatic nitrogens is 4. The quantitative estimate of drug-likeness (QED) is 0.189. The molecule has 10 nitrogen and oxygen atoms in total. The average molecular weight is 627 g/mol. The molecule has 4 aromatic rings. The maximum Gasteiger partial charge on any atom is 0.410 e. The molecule has 0 unspecified atom stereocenters. The normalized spacial score (nSPS) is 16.0. The third-order valence-electron chi connectivity index (χ3n) is 7.75. The van der Waals surface area contributed by atoms with Crippen LogP contribution in [0.1, 0.15) is 92.0 Å². The number of nitrogens with one attached hydrogen (secondary N) is 3. The molecule has 5 rings (SSSR count). The highest BCUT2D eigenvalue weighted by atomic mass is 16.6. The van der Waals surface area contributed by atoms with Gasteiger partial charge in [-0.15, -0.1) is 0 Å². The summed E-state index contributed by atoms with van der Waals surface area (Å²) in [6.07, 6.45) is 4.62. The molecule has 1 fully saturated rings. The van der Waals surface area contributed by atoms with Crippen LogP contribution in [0.2, 0.25) is 0 Å². The Bertz CT molecular complexity index is 1560. The van der Waals surface area contributed by atoms with Gasteiger partial charge in [0.25, 0.3) is 0 Å². The standard InChI is InChI=1S/C36H46N6O4/c1-22(2)30(41-33(43)45-35(3,4)5)32-38-21-28(40-32)26-17-13-24(14-18-26)23-11-15-25(16-12-23)27-20-37-31(39-27)29-10-9-19-42(29)34(44)46-36(6,7)8/h11-18,20-22,29-30H,9-10,19H2,1-8H3,(H,37,39)(H,38,40)(H,41,43)/t29-,30-/m1/s1. The van der Waals surface area contributed by atoms with Crippen LogP contribution in [0.5, 0.6) is 0 Å². The van der Waals surface area contributed by atoms with Crippen molar-refractivity contribution in [3.63, 3.8) is 0 Å². The summed E-state index contributed by atoms with van der Waals surface area (Å²) in [6.45, 7) is 15.9. The fraction of sp³-hybridized carbons (Fsp3) is 0.444. The molecule has 2 atom stereocenters. The van der Waals surface area contributed by atoms with Crippen LogP contribution in [0.3, 0.4) is 0 Å². The number of amides is 2. The molecule has 1 aliphatic rings. The number of likely N-dealkylation sites (tertiary alicyclic amines) is 1. The van der Waals surface area contributed by atoms with Crippen molar-refractivity contribution in [1.82, 2.24) is 30.2 Å². The van der Waals surface area contributed by atoms with Crippen LogP contribution < -0.4 is 5.32 Å². The van der Waals surface area contributed by atoms with E-state index >= 15 is 0 Å². The van der Waals surface area contributed by atoms with Gasteiger partial charge in [-0.3, -0.25) is 4.90 Å². The molecule has 46 heavy (non-hydrogen) atoms. The topological polar surface area (TPSA) is 125 Å². The van der Waals surface area contributed by atoms with E-state index in [4.69, 9.17) is 9.47 Å². The predicted molar refractivity (Wildman–Crippen MR) is 179 cm³/mol. The molecule has 0 radical (unpaired) electrons. The molecule has 3 heterocycles. The van der Waals surface area contributed by atoms with E-state index in [0.29, 0.717) is 12.4 Å². The minimum absolute atomic E-state index is 0.111. The number of benzene rings is 2. The Hall–Kier alpha value is -4.60. The molecule has 10 heteroatoms. The Morgan fingerprint density at radius 1 is 0.804 bits per heavy atom. The highest BCUT2D eigenvalue weighted by molar-refractivity contribution is 5.72. The van der Waals surface area contributed by atoms with Gasteiger partial charge in [0.2, 0.25) is 0 Å². The van der Waals surface area contributed by atoms with Crippen LogP contribution in [-0.2, 0) is 9.47 Å². The zero-order valence-corrected chi connectivity index (χ0v) is 28.1. The number of aromatic amines is 2. The van der Waals surface area contributed by atoms with Gasteiger partial charge in [-0.25, -0.2) is 19.6 Å². The van der Waals surface area contributed by atoms with E-state index in [2.05, 4.69) is 73.8 Å². The van der Waals surface area contributed by atoms with Crippen LogP contribution in [0.15, 0.2) is 60.9 Å². The third kappa shape index (κ3) is 7.97. The van der Waals surface area contributed by atoms with E-state index in [1.54, 1.807) is 11.1 Å². The summed E-state index contributed by atoms with van der Waals surface area (Å²) in [5.74, 6) is 1.57. The number of carbonyl (C=O) groups excluding carboxylic acids is 2. The van der Waals surface area contributed by atoms with Gasteiger partial charge in [-0.1, -0.05) is 62.4 Å². The molecule has 2 amide bonds. The minimum atomic E-state index is -0.577. The minimum Gasteiger partial charge on any atom is -0.444 e. The maximum absolute atomic E-state index is 12.8. The van der Waals surface area contributed by atoms with Crippen molar-refractivity contribution < 1.29 is 19.1 Å². The molecule has 0 bridgehead atoms. The lowest BCUT2D eigenvalue weighted by atomic mass is 10.0. The van der Waals surface area contributed by atoms with E-state index in [0.717, 1.165) is 52.3 Å². The maximum atomic E-state index is 12.8. The number of ether oxygens (including phenoxy) is 2. The number of nitrogens with zero attached hydrogens (tertiary/aromatic N) is 3. The van der Waals surface area contributed by atoms with Gasteiger partial charge in [-0.2, -0.15) is 0 Å². The predicted octanol–water partition coefficient (Wildman–Crippen LogP) is 8.43. The van der Waals surface area contributed by atoms with E-state index < -0.39 is 17.3 Å². The number of carbonyl (C=O) groups is 2. The van der Waals surface area contributed by atoms with Crippen molar-refractivity contribution in [2.24, 2.45) is 5.92 Å². The molecule has 244 valence electrons. The zero-order valence-electron chi connectivity index (χ0n) is 28.1. The fourth-order valence-corrected chi connectivity index (χ4v) is 5.55. The molecular weight excluding hydrogens is 580 g/mol. The van der Waals surface area contributed by atoms with Crippen molar-refractivity contribution in [2.45, 2.75) is 91.5 Å².